The number of amides is 2. The van der Waals surface area contributed by atoms with E-state index in [0.29, 0.717) is 12.3 Å². The van der Waals surface area contributed by atoms with Gasteiger partial charge in [-0.25, -0.2) is 13.2 Å². The summed E-state index contributed by atoms with van der Waals surface area (Å²) in [6, 6.07) is 24.2. The fourth-order valence-electron chi connectivity index (χ4n) is 6.21. The average molecular weight is 709 g/mol. The van der Waals surface area contributed by atoms with Gasteiger partial charge in [0.1, 0.15) is 6.10 Å². The van der Waals surface area contributed by atoms with E-state index in [4.69, 9.17) is 14.2 Å². The molecule has 4 N–H and O–H groups in total. The minimum Gasteiger partial charge on any atom is -0.443 e. The second kappa shape index (κ2) is 17.4. The minimum atomic E-state index is -4.08. The van der Waals surface area contributed by atoms with Gasteiger partial charge < -0.3 is 35.3 Å². The molecule has 2 fully saturated rings. The third kappa shape index (κ3) is 10.1. The monoisotopic (exact) mass is 708 g/mol. The lowest BCUT2D eigenvalue weighted by Crippen LogP contribution is -2.51. The van der Waals surface area contributed by atoms with Gasteiger partial charge in [-0.1, -0.05) is 74.5 Å². The van der Waals surface area contributed by atoms with Gasteiger partial charge in [0, 0.05) is 24.8 Å². The molecule has 3 aromatic carbocycles. The highest BCUT2D eigenvalue weighted by Gasteiger charge is 2.44. The lowest BCUT2D eigenvalue weighted by atomic mass is 10.0. The maximum atomic E-state index is 14.0. The van der Waals surface area contributed by atoms with Gasteiger partial charge in [0.2, 0.25) is 15.9 Å². The number of anilines is 1. The third-order valence-electron chi connectivity index (χ3n) is 8.91. The van der Waals surface area contributed by atoms with E-state index in [2.05, 4.69) is 16.0 Å². The van der Waals surface area contributed by atoms with Gasteiger partial charge in [0.15, 0.2) is 6.29 Å². The summed E-state index contributed by atoms with van der Waals surface area (Å²) in [6.07, 6.45) is -1.88. The summed E-state index contributed by atoms with van der Waals surface area (Å²) in [4.78, 5) is 25.7. The summed E-state index contributed by atoms with van der Waals surface area (Å²) in [7, 11) is -4.08. The predicted molar refractivity (Wildman–Crippen MR) is 189 cm³/mol. The standard InChI is InChI=1S/C37H48N4O8S/c1-25(2)22-41(50(45,46)30-16-14-29(15-17-30)39-35(43)21-38-26(3)28-12-8-5-9-13-28)23-33(42)32(20-27-10-6-4-7-11-27)40-37(44)49-34-24-48-36-31(34)18-19-47-36/h4-17,25-26,31-34,36,38,42H,18-24H2,1-3H3,(H,39,43)(H,40,44)/t26-,31+,32+,33-,34+,36-/m1/s1. The van der Waals surface area contributed by atoms with Crippen LogP contribution in [0.15, 0.2) is 89.8 Å². The van der Waals surface area contributed by atoms with E-state index >= 15 is 0 Å². The molecule has 0 unspecified atom stereocenters. The molecule has 0 saturated carbocycles. The molecule has 0 spiro atoms. The number of nitrogens with zero attached hydrogens (tertiary/aromatic N) is 1. The van der Waals surface area contributed by atoms with Crippen LogP contribution in [0.5, 0.6) is 0 Å². The first-order chi connectivity index (χ1) is 24.0. The van der Waals surface area contributed by atoms with E-state index < -0.39 is 34.4 Å². The first kappa shape index (κ1) is 37.4. The molecule has 270 valence electrons. The summed E-state index contributed by atoms with van der Waals surface area (Å²) in [6.45, 7) is 6.45. The second-order valence-electron chi connectivity index (χ2n) is 13.3. The Kier molecular flexibility index (Phi) is 13.0. The Hall–Kier alpha value is -3.85. The summed E-state index contributed by atoms with van der Waals surface area (Å²) >= 11 is 0. The van der Waals surface area contributed by atoms with Crippen molar-refractivity contribution in [1.29, 1.82) is 0 Å². The van der Waals surface area contributed by atoms with Crippen LogP contribution in [0.2, 0.25) is 0 Å². The van der Waals surface area contributed by atoms with Crippen LogP contribution in [0, 0.1) is 11.8 Å². The van der Waals surface area contributed by atoms with Gasteiger partial charge >= 0.3 is 6.09 Å². The molecule has 12 nitrogen and oxygen atoms in total. The maximum Gasteiger partial charge on any atom is 0.407 e. The minimum absolute atomic E-state index is 0.0146. The van der Waals surface area contributed by atoms with Crippen LogP contribution >= 0.6 is 0 Å². The van der Waals surface area contributed by atoms with E-state index in [1.165, 1.54) is 28.6 Å². The van der Waals surface area contributed by atoms with Crippen LogP contribution in [-0.2, 0) is 35.4 Å². The van der Waals surface area contributed by atoms with Gasteiger partial charge in [-0.2, -0.15) is 4.31 Å². The number of carbonyl (C=O) groups is 2. The number of alkyl carbamates (subject to hydrolysis) is 1. The molecular formula is C37H48N4O8S. The highest BCUT2D eigenvalue weighted by atomic mass is 32.2. The molecule has 5 rings (SSSR count). The van der Waals surface area contributed by atoms with Crippen molar-refractivity contribution >= 4 is 27.7 Å². The van der Waals surface area contributed by atoms with Crippen LogP contribution < -0.4 is 16.0 Å². The van der Waals surface area contributed by atoms with Crippen LogP contribution in [0.3, 0.4) is 0 Å². The first-order valence-electron chi connectivity index (χ1n) is 17.1. The SMILES string of the molecule is CC(C)CN(C[C@@H](O)[C@H](Cc1ccccc1)NC(=O)O[C@H]1CO[C@H]2OCC[C@H]21)S(=O)(=O)c1ccc(NC(=O)CN[C@H](C)c2ccccc2)cc1. The normalized spacial score (nSPS) is 20.6. The van der Waals surface area contributed by atoms with Crippen LogP contribution in [0.25, 0.3) is 0 Å². The van der Waals surface area contributed by atoms with Crippen molar-refractivity contribution in [2.75, 3.05) is 38.2 Å². The Balaban J connectivity index is 1.24. The Morgan fingerprint density at radius 3 is 2.30 bits per heavy atom. The predicted octanol–water partition coefficient (Wildman–Crippen LogP) is 4.08. The van der Waals surface area contributed by atoms with Crippen LogP contribution in [0.1, 0.15) is 44.4 Å². The number of sulfonamides is 1. The number of aliphatic hydroxyl groups is 1. The quantitative estimate of drug-likeness (QED) is 0.172. The van der Waals surface area contributed by atoms with Crippen molar-refractivity contribution in [1.82, 2.24) is 14.9 Å². The largest absolute Gasteiger partial charge is 0.443 e. The van der Waals surface area contributed by atoms with E-state index in [1.54, 1.807) is 0 Å². The zero-order chi connectivity index (χ0) is 35.7. The van der Waals surface area contributed by atoms with Gasteiger partial charge in [0.05, 0.1) is 42.7 Å². The molecular weight excluding hydrogens is 660 g/mol. The second-order valence-corrected chi connectivity index (χ2v) is 15.2. The molecule has 2 aliphatic heterocycles. The molecule has 2 aliphatic rings. The van der Waals surface area contributed by atoms with Gasteiger partial charge in [-0.3, -0.25) is 4.79 Å². The number of aliphatic hydroxyl groups excluding tert-OH is 1. The van der Waals surface area contributed by atoms with E-state index in [1.807, 2.05) is 81.4 Å². The third-order valence-corrected chi connectivity index (χ3v) is 10.8. The number of benzene rings is 3. The Labute approximate surface area is 294 Å². The highest BCUT2D eigenvalue weighted by Crippen LogP contribution is 2.33. The average Bonchev–Trinajstić information content (AvgIpc) is 3.73. The molecule has 3 aromatic rings. The van der Waals surface area contributed by atoms with Crippen molar-refractivity contribution < 1.29 is 37.3 Å². The number of rotatable bonds is 16. The van der Waals surface area contributed by atoms with Crippen molar-refractivity contribution in [2.45, 2.75) is 69.1 Å². The smallest absolute Gasteiger partial charge is 0.407 e. The molecule has 0 bridgehead atoms. The molecule has 13 heteroatoms. The van der Waals surface area contributed by atoms with Crippen LogP contribution in [-0.4, -0.2) is 87.2 Å². The molecule has 6 atom stereocenters. The number of hydrogen-bond donors (Lipinski definition) is 4. The topological polar surface area (TPSA) is 156 Å². The van der Waals surface area contributed by atoms with Gasteiger partial charge in [-0.05, 0) is 61.1 Å². The number of nitrogens with one attached hydrogen (secondary N) is 3. The Bertz CT molecular complexity index is 1640. The lowest BCUT2D eigenvalue weighted by Gasteiger charge is -2.31. The van der Waals surface area contributed by atoms with Crippen LogP contribution in [0.4, 0.5) is 10.5 Å². The maximum absolute atomic E-state index is 14.0. The number of fused-ring (bicyclic) bond motifs is 1. The van der Waals surface area contributed by atoms with E-state index in [0.717, 1.165) is 17.5 Å². The highest BCUT2D eigenvalue weighted by molar-refractivity contribution is 7.89. The van der Waals surface area contributed by atoms with Crippen molar-refractivity contribution in [3.8, 4) is 0 Å². The molecule has 2 amide bonds. The fraction of sp³-hybridized carbons (Fsp3) is 0.459. The molecule has 0 aromatic heterocycles. The van der Waals surface area contributed by atoms with Crippen molar-refractivity contribution in [2.24, 2.45) is 11.8 Å². The van der Waals surface area contributed by atoms with E-state index in [9.17, 15) is 23.1 Å². The van der Waals surface area contributed by atoms with E-state index in [-0.39, 0.29) is 67.6 Å². The summed E-state index contributed by atoms with van der Waals surface area (Å²) in [5.41, 5.74) is 2.36. The lowest BCUT2D eigenvalue weighted by molar-refractivity contribution is -0.115. The molecule has 50 heavy (non-hydrogen) atoms. The van der Waals surface area contributed by atoms with Crippen molar-refractivity contribution in [3.05, 3.63) is 96.1 Å². The molecule has 2 heterocycles. The summed E-state index contributed by atoms with van der Waals surface area (Å²) in [5, 5.41) is 20.3. The zero-order valence-corrected chi connectivity index (χ0v) is 29.6. The van der Waals surface area contributed by atoms with Gasteiger partial charge in [-0.15, -0.1) is 0 Å². The number of carbonyl (C=O) groups excluding carboxylic acids is 2. The first-order valence-corrected chi connectivity index (χ1v) is 18.5. The molecule has 0 aliphatic carbocycles. The Morgan fingerprint density at radius 1 is 0.940 bits per heavy atom. The summed E-state index contributed by atoms with van der Waals surface area (Å²) in [5.74, 6) is -0.374. The molecule has 0 radical (unpaired) electrons. The number of ether oxygens (including phenoxy) is 3. The zero-order valence-electron chi connectivity index (χ0n) is 28.7. The number of hydrogen-bond acceptors (Lipinski definition) is 9. The Morgan fingerprint density at radius 2 is 1.62 bits per heavy atom. The van der Waals surface area contributed by atoms with Crippen molar-refractivity contribution in [3.63, 3.8) is 0 Å². The fourth-order valence-corrected chi connectivity index (χ4v) is 7.83. The van der Waals surface area contributed by atoms with Gasteiger partial charge in [0.25, 0.3) is 0 Å². The molecule has 2 saturated heterocycles. The summed E-state index contributed by atoms with van der Waals surface area (Å²) < 4.78 is 46.0.